The number of aromatic nitrogens is 2. The second-order valence-corrected chi connectivity index (χ2v) is 5.25. The van der Waals surface area contributed by atoms with Gasteiger partial charge in [-0.25, -0.2) is 20.2 Å². The lowest BCUT2D eigenvalue weighted by Gasteiger charge is -2.13. The number of nitrogens with two attached hydrogens (primary N) is 2. The molecule has 0 unspecified atom stereocenters. The van der Waals surface area contributed by atoms with E-state index in [9.17, 15) is 17.6 Å². The van der Waals surface area contributed by atoms with Gasteiger partial charge in [0.2, 0.25) is 0 Å². The maximum Gasteiger partial charge on any atom is 0.435 e. The molecule has 5 N–H and O–H groups in total. The van der Waals surface area contributed by atoms with Gasteiger partial charge >= 0.3 is 6.18 Å². The van der Waals surface area contributed by atoms with Crippen molar-refractivity contribution in [3.63, 3.8) is 0 Å². The number of hydrazine groups is 1. The number of hydrogen-bond donors (Lipinski definition) is 3. The molecule has 0 aliphatic rings. The van der Waals surface area contributed by atoms with Gasteiger partial charge in [0.1, 0.15) is 11.5 Å². The number of halogens is 4. The van der Waals surface area contributed by atoms with E-state index in [1.165, 1.54) is 30.3 Å². The molecule has 0 amide bonds. The summed E-state index contributed by atoms with van der Waals surface area (Å²) >= 11 is 0. The Bertz CT molecular complexity index is 982. The van der Waals surface area contributed by atoms with Crippen molar-refractivity contribution in [1.29, 1.82) is 0 Å². The topological polar surface area (TPSA) is 102 Å². The normalized spacial score (nSPS) is 12.4. The summed E-state index contributed by atoms with van der Waals surface area (Å²) in [5.74, 6) is 10.0. The van der Waals surface area contributed by atoms with Gasteiger partial charge in [0.25, 0.3) is 0 Å². The molecule has 0 saturated heterocycles. The SMILES string of the molecule is N/N=C(\NN)c1ccc2nc(C(F)(F)F)c(-c3ccc(F)cc3)nc2c1. The fourth-order valence-corrected chi connectivity index (χ4v) is 2.40. The van der Waals surface area contributed by atoms with E-state index >= 15 is 0 Å². The molecule has 6 nitrogen and oxygen atoms in total. The predicted octanol–water partition coefficient (Wildman–Crippen LogP) is 2.54. The maximum atomic E-state index is 13.4. The minimum absolute atomic E-state index is 0.0281. The Kier molecular flexibility index (Phi) is 4.43. The molecule has 10 heteroatoms. The van der Waals surface area contributed by atoms with Gasteiger partial charge in [0.15, 0.2) is 11.5 Å². The van der Waals surface area contributed by atoms with Crippen LogP contribution in [-0.2, 0) is 6.18 Å². The molecule has 0 spiro atoms. The van der Waals surface area contributed by atoms with Crippen LogP contribution in [0.4, 0.5) is 17.6 Å². The van der Waals surface area contributed by atoms with Crippen molar-refractivity contribution >= 4 is 16.9 Å². The quantitative estimate of drug-likeness (QED) is 0.213. The average molecular weight is 364 g/mol. The molecule has 134 valence electrons. The first kappa shape index (κ1) is 17.5. The zero-order valence-corrected chi connectivity index (χ0v) is 13.0. The van der Waals surface area contributed by atoms with Crippen LogP contribution in [0.25, 0.3) is 22.3 Å². The van der Waals surface area contributed by atoms with E-state index in [0.717, 1.165) is 12.1 Å². The van der Waals surface area contributed by atoms with Crippen molar-refractivity contribution in [2.24, 2.45) is 16.8 Å². The highest BCUT2D eigenvalue weighted by Gasteiger charge is 2.37. The minimum Gasteiger partial charge on any atom is -0.321 e. The van der Waals surface area contributed by atoms with Gasteiger partial charge in [-0.1, -0.05) is 0 Å². The molecular weight excluding hydrogens is 352 g/mol. The Morgan fingerprint density at radius 2 is 1.69 bits per heavy atom. The van der Waals surface area contributed by atoms with E-state index in [-0.39, 0.29) is 22.4 Å². The second-order valence-electron chi connectivity index (χ2n) is 5.25. The number of rotatable bonds is 2. The fraction of sp³-hybridized carbons (Fsp3) is 0.0625. The van der Waals surface area contributed by atoms with Gasteiger partial charge in [-0.15, -0.1) is 0 Å². The lowest BCUT2D eigenvalue weighted by molar-refractivity contribution is -0.140. The number of benzene rings is 2. The molecule has 1 aromatic heterocycles. The summed E-state index contributed by atoms with van der Waals surface area (Å²) in [6, 6.07) is 8.77. The number of hydrogen-bond acceptors (Lipinski definition) is 5. The molecule has 0 atom stereocenters. The first-order chi connectivity index (χ1) is 12.3. The van der Waals surface area contributed by atoms with Crippen LogP contribution in [0, 0.1) is 5.82 Å². The Hall–Kier alpha value is -3.27. The van der Waals surface area contributed by atoms with Gasteiger partial charge < -0.3 is 11.3 Å². The summed E-state index contributed by atoms with van der Waals surface area (Å²) in [4.78, 5) is 7.78. The van der Waals surface area contributed by atoms with Crippen LogP contribution in [0.2, 0.25) is 0 Å². The first-order valence-corrected chi connectivity index (χ1v) is 7.23. The molecule has 26 heavy (non-hydrogen) atoms. The zero-order chi connectivity index (χ0) is 18.9. The van der Waals surface area contributed by atoms with E-state index in [1.807, 2.05) is 0 Å². The number of amidine groups is 1. The average Bonchev–Trinajstić information content (AvgIpc) is 2.61. The van der Waals surface area contributed by atoms with E-state index in [1.54, 1.807) is 0 Å². The number of alkyl halides is 3. The second kappa shape index (κ2) is 6.56. The lowest BCUT2D eigenvalue weighted by atomic mass is 10.1. The van der Waals surface area contributed by atoms with Gasteiger partial charge in [-0.3, -0.25) is 0 Å². The van der Waals surface area contributed by atoms with E-state index in [4.69, 9.17) is 11.7 Å². The number of nitrogens with zero attached hydrogens (tertiary/aromatic N) is 3. The van der Waals surface area contributed by atoms with Gasteiger partial charge in [0, 0.05) is 11.1 Å². The Morgan fingerprint density at radius 1 is 1.00 bits per heavy atom. The van der Waals surface area contributed by atoms with Crippen LogP contribution in [0.5, 0.6) is 0 Å². The fourth-order valence-electron chi connectivity index (χ4n) is 2.40. The third-order valence-electron chi connectivity index (χ3n) is 3.59. The van der Waals surface area contributed by atoms with Crippen LogP contribution < -0.4 is 17.1 Å². The van der Waals surface area contributed by atoms with Crippen LogP contribution >= 0.6 is 0 Å². The summed E-state index contributed by atoms with van der Waals surface area (Å²) in [6.45, 7) is 0. The highest BCUT2D eigenvalue weighted by atomic mass is 19.4. The van der Waals surface area contributed by atoms with Crippen molar-refractivity contribution in [3.05, 3.63) is 59.5 Å². The van der Waals surface area contributed by atoms with Crippen LogP contribution in [0.15, 0.2) is 47.6 Å². The summed E-state index contributed by atoms with van der Waals surface area (Å²) in [6.07, 6.45) is -4.73. The molecule has 1 heterocycles. The van der Waals surface area contributed by atoms with Crippen LogP contribution in [0.3, 0.4) is 0 Å². The molecule has 0 aliphatic heterocycles. The van der Waals surface area contributed by atoms with E-state index in [0.29, 0.717) is 5.56 Å². The monoisotopic (exact) mass is 364 g/mol. The Balaban J connectivity index is 2.27. The maximum absolute atomic E-state index is 13.4. The minimum atomic E-state index is -4.73. The van der Waals surface area contributed by atoms with Crippen molar-refractivity contribution in [1.82, 2.24) is 15.4 Å². The molecule has 0 aliphatic carbocycles. The third-order valence-corrected chi connectivity index (χ3v) is 3.59. The summed E-state index contributed by atoms with van der Waals surface area (Å²) < 4.78 is 53.4. The molecule has 0 fully saturated rings. The van der Waals surface area contributed by atoms with Crippen molar-refractivity contribution in [2.45, 2.75) is 6.18 Å². The highest BCUT2D eigenvalue weighted by molar-refractivity contribution is 6.00. The standard InChI is InChI=1S/C16H12F4N6/c17-10-4-1-8(2-5-10)13-14(16(18,19)20)24-11-6-3-9(7-12(11)23-13)15(25-21)26-22/h1-7H,21-22H2,(H,25,26). The Morgan fingerprint density at radius 3 is 2.27 bits per heavy atom. The summed E-state index contributed by atoms with van der Waals surface area (Å²) in [7, 11) is 0. The molecule has 0 radical (unpaired) electrons. The van der Waals surface area contributed by atoms with Crippen molar-refractivity contribution in [3.8, 4) is 11.3 Å². The predicted molar refractivity (Wildman–Crippen MR) is 88.0 cm³/mol. The molecule has 3 rings (SSSR count). The first-order valence-electron chi connectivity index (χ1n) is 7.23. The molecule has 3 aromatic rings. The largest absolute Gasteiger partial charge is 0.435 e. The van der Waals surface area contributed by atoms with Crippen molar-refractivity contribution in [2.75, 3.05) is 0 Å². The lowest BCUT2D eigenvalue weighted by Crippen LogP contribution is -2.32. The summed E-state index contributed by atoms with van der Waals surface area (Å²) in [5, 5.41) is 3.44. The van der Waals surface area contributed by atoms with E-state index < -0.39 is 23.4 Å². The van der Waals surface area contributed by atoms with Gasteiger partial charge in [-0.05, 0) is 42.5 Å². The number of fused-ring (bicyclic) bond motifs is 1. The van der Waals surface area contributed by atoms with Gasteiger partial charge in [0.05, 0.1) is 11.0 Å². The van der Waals surface area contributed by atoms with E-state index in [2.05, 4.69) is 20.5 Å². The molecule has 2 aromatic carbocycles. The van der Waals surface area contributed by atoms with Crippen LogP contribution in [-0.4, -0.2) is 15.8 Å². The Labute approximate surface area is 144 Å². The smallest absolute Gasteiger partial charge is 0.321 e. The number of nitrogens with one attached hydrogen (secondary N) is 1. The molecule has 0 bridgehead atoms. The van der Waals surface area contributed by atoms with Gasteiger partial charge in [-0.2, -0.15) is 18.3 Å². The third kappa shape index (κ3) is 3.26. The number of hydrazone groups is 1. The molecule has 0 saturated carbocycles. The van der Waals surface area contributed by atoms with Crippen LogP contribution in [0.1, 0.15) is 11.3 Å². The highest BCUT2D eigenvalue weighted by Crippen LogP contribution is 2.36. The van der Waals surface area contributed by atoms with Crippen molar-refractivity contribution < 1.29 is 17.6 Å². The zero-order valence-electron chi connectivity index (χ0n) is 13.0. The summed E-state index contributed by atoms with van der Waals surface area (Å²) in [5.41, 5.74) is 1.41. The molecular formula is C16H12F4N6.